The minimum atomic E-state index is -3.13. The number of carbonyl (C=O) groups excluding carboxylic acids is 3. The number of aliphatic hydroxyl groups is 1. The quantitative estimate of drug-likeness (QED) is 0.153. The molecule has 3 unspecified atom stereocenters. The van der Waals surface area contributed by atoms with Crippen molar-refractivity contribution in [1.82, 2.24) is 35.1 Å². The molecule has 13 atom stereocenters. The fourth-order valence-corrected chi connectivity index (χ4v) is 9.78. The number of esters is 1. The minimum Gasteiger partial charge on any atom is -0.455 e. The van der Waals surface area contributed by atoms with Crippen molar-refractivity contribution >= 4 is 46.5 Å². The summed E-state index contributed by atoms with van der Waals surface area (Å²) in [6.45, 7) is 14.7. The van der Waals surface area contributed by atoms with Crippen LogP contribution in [-0.4, -0.2) is 159 Å². The van der Waals surface area contributed by atoms with Gasteiger partial charge in [0.1, 0.15) is 17.9 Å². The predicted octanol–water partition coefficient (Wildman–Crippen LogP) is 5.07. The van der Waals surface area contributed by atoms with Crippen LogP contribution in [0.3, 0.4) is 0 Å². The van der Waals surface area contributed by atoms with Crippen LogP contribution in [-0.2, 0) is 39.8 Å². The number of carbonyl (C=O) groups is 3. The number of aromatic nitrogens is 4. The first kappa shape index (κ1) is 51.6. The Hall–Kier alpha value is -3.05. The van der Waals surface area contributed by atoms with Gasteiger partial charge in [-0.15, -0.1) is 5.10 Å². The predicted molar refractivity (Wildman–Crippen MR) is 233 cm³/mol. The number of nitrogen functional groups attached to an aromatic ring is 1. The molecule has 5 rings (SSSR count). The lowest BCUT2D eigenvalue weighted by molar-refractivity contribution is -0.295. The average molecular weight is 919 g/mol. The van der Waals surface area contributed by atoms with E-state index in [-0.39, 0.29) is 36.6 Å². The summed E-state index contributed by atoms with van der Waals surface area (Å²) in [6.07, 6.45) is 1.72. The van der Waals surface area contributed by atoms with Gasteiger partial charge in [0, 0.05) is 62.8 Å². The Balaban J connectivity index is 0.00000273. The van der Waals surface area contributed by atoms with Crippen LogP contribution in [0.1, 0.15) is 87.5 Å². The molecule has 2 aromatic heterocycles. The Kier molecular flexibility index (Phi) is 18.1. The summed E-state index contributed by atoms with van der Waals surface area (Å²) in [5, 5.41) is 23.9. The molecule has 3 fully saturated rings. The minimum absolute atomic E-state index is 0.116. The standard InChI is InChI=1S/C40H65FN8O9S.CH3FS/c1-12-29-40(8)31(49(37(53)58-40)16-14-13-15-48-21-26(45-46-48)28-20-44-36(42)59-28)25(5)43-19-22(2)18-38(6,54-11)33(24(4)32(51)39(7,41)35(52)56-29)57-34-30(50)27(47(9)10)17-23(3)55-34;1-3-2/h20-25,27,29-31,33-34,43,50H,12-19H2,1-11H3,(H2,42,44);1H3/t22-,23?,24+,25-,27?,29-,30?,31-,33-,34+,38-,39+,40-;/m1./s1. The fourth-order valence-electron chi connectivity index (χ4n) is 9.15. The van der Waals surface area contributed by atoms with Crippen LogP contribution >= 0.6 is 23.5 Å². The van der Waals surface area contributed by atoms with E-state index >= 15 is 4.39 Å². The molecule has 3 aliphatic rings. The van der Waals surface area contributed by atoms with Crippen molar-refractivity contribution in [2.24, 2.45) is 11.8 Å². The van der Waals surface area contributed by atoms with Gasteiger partial charge in [-0.3, -0.25) is 14.4 Å². The van der Waals surface area contributed by atoms with Crippen LogP contribution in [0.4, 0.5) is 18.2 Å². The smallest absolute Gasteiger partial charge is 0.410 e. The zero-order chi connectivity index (χ0) is 46.3. The number of ether oxygens (including phenoxy) is 5. The number of nitrogens with zero attached hydrogens (tertiary/aromatic N) is 6. The lowest BCUT2D eigenvalue weighted by Crippen LogP contribution is -2.61. The monoisotopic (exact) mass is 918 g/mol. The summed E-state index contributed by atoms with van der Waals surface area (Å²) in [5.41, 5.74) is 0.669. The molecular weight excluding hydrogens is 851 g/mol. The summed E-state index contributed by atoms with van der Waals surface area (Å²) >= 11 is 1.57. The number of halogens is 2. The summed E-state index contributed by atoms with van der Waals surface area (Å²) in [6, 6.07) is -1.36. The van der Waals surface area contributed by atoms with E-state index in [1.807, 2.05) is 46.0 Å². The maximum absolute atomic E-state index is 16.9. The number of fused-ring (bicyclic) bond motifs is 1. The van der Waals surface area contributed by atoms with Crippen molar-refractivity contribution in [3.8, 4) is 10.6 Å². The zero-order valence-corrected chi connectivity index (χ0v) is 39.8. The second-order valence-electron chi connectivity index (χ2n) is 17.6. The molecule has 1 amide bonds. The molecule has 0 bridgehead atoms. The number of alkyl halides is 1. The van der Waals surface area contributed by atoms with Crippen molar-refractivity contribution < 1.29 is 51.5 Å². The summed E-state index contributed by atoms with van der Waals surface area (Å²) < 4.78 is 59.7. The first-order valence-electron chi connectivity index (χ1n) is 21.2. The van der Waals surface area contributed by atoms with Gasteiger partial charge >= 0.3 is 12.1 Å². The molecule has 0 aromatic carbocycles. The third-order valence-electron chi connectivity index (χ3n) is 12.4. The van der Waals surface area contributed by atoms with Crippen LogP contribution in [0.15, 0.2) is 12.4 Å². The van der Waals surface area contributed by atoms with Gasteiger partial charge in [-0.25, -0.2) is 19.0 Å². The summed E-state index contributed by atoms with van der Waals surface area (Å²) in [4.78, 5) is 50.4. The van der Waals surface area contributed by atoms with E-state index < -0.39 is 77.3 Å². The maximum atomic E-state index is 16.9. The van der Waals surface area contributed by atoms with Crippen LogP contribution in [0.5, 0.6) is 0 Å². The number of aryl methyl sites for hydroxylation is 1. The van der Waals surface area contributed by atoms with Crippen molar-refractivity contribution in [2.75, 3.05) is 46.3 Å². The highest BCUT2D eigenvalue weighted by atomic mass is 32.2. The highest BCUT2D eigenvalue weighted by molar-refractivity contribution is 7.93. The van der Waals surface area contributed by atoms with Gasteiger partial charge in [0.15, 0.2) is 22.8 Å². The maximum Gasteiger partial charge on any atom is 0.410 e. The van der Waals surface area contributed by atoms with Gasteiger partial charge in [0.2, 0.25) is 0 Å². The highest BCUT2D eigenvalue weighted by Crippen LogP contribution is 2.41. The number of amides is 1. The molecule has 17 nitrogen and oxygen atoms in total. The Bertz CT molecular complexity index is 1790. The lowest BCUT2D eigenvalue weighted by atomic mass is 9.78. The Morgan fingerprint density at radius 2 is 1.81 bits per heavy atom. The molecule has 3 saturated heterocycles. The van der Waals surface area contributed by atoms with E-state index in [4.69, 9.17) is 29.4 Å². The topological polar surface area (TPSA) is 206 Å². The van der Waals surface area contributed by atoms with Gasteiger partial charge in [0.05, 0.1) is 34.9 Å². The van der Waals surface area contributed by atoms with E-state index in [2.05, 4.69) is 20.6 Å². The van der Waals surface area contributed by atoms with Crippen molar-refractivity contribution in [1.29, 1.82) is 0 Å². The molecule has 0 aliphatic carbocycles. The van der Waals surface area contributed by atoms with Crippen molar-refractivity contribution in [3.63, 3.8) is 0 Å². The van der Waals surface area contributed by atoms with E-state index in [0.29, 0.717) is 56.1 Å². The number of nitrogens with two attached hydrogens (primary N) is 1. The van der Waals surface area contributed by atoms with Crippen LogP contribution in [0.25, 0.3) is 10.6 Å². The number of hydrogen-bond donors (Lipinski definition) is 3. The third-order valence-corrected chi connectivity index (χ3v) is 13.3. The molecule has 3 aliphatic heterocycles. The number of aliphatic hydroxyl groups excluding tert-OH is 1. The highest BCUT2D eigenvalue weighted by Gasteiger charge is 2.60. The van der Waals surface area contributed by atoms with E-state index in [1.54, 1.807) is 36.5 Å². The van der Waals surface area contributed by atoms with Gasteiger partial charge in [-0.05, 0) is 93.3 Å². The number of likely N-dealkylation sites (N-methyl/N-ethyl adjacent to an activating group) is 1. The number of cyclic esters (lactones) is 1. The Morgan fingerprint density at radius 3 is 2.40 bits per heavy atom. The normalized spacial score (nSPS) is 36.3. The fraction of sp³-hybridized carbons (Fsp3) is 0.805. The molecule has 62 heavy (non-hydrogen) atoms. The molecule has 5 heterocycles. The second kappa shape index (κ2) is 21.8. The van der Waals surface area contributed by atoms with E-state index in [1.165, 1.54) is 31.6 Å². The first-order valence-corrected chi connectivity index (χ1v) is 23.2. The molecule has 21 heteroatoms. The lowest BCUT2D eigenvalue weighted by Gasteiger charge is -2.47. The summed E-state index contributed by atoms with van der Waals surface area (Å²) in [5.74, 6) is -3.86. The Morgan fingerprint density at radius 1 is 1.15 bits per heavy atom. The zero-order valence-electron chi connectivity index (χ0n) is 38.1. The number of thiazole rings is 1. The molecule has 0 saturated carbocycles. The van der Waals surface area contributed by atoms with Gasteiger partial charge in [-0.2, -0.15) is 3.89 Å². The number of Topliss-reactive ketones (excluding diaryl/α,β-unsaturated/α-hetero) is 1. The molecule has 4 N–H and O–H groups in total. The number of nitrogens with one attached hydrogen (secondary N) is 1. The number of ketones is 1. The number of methoxy groups -OCH3 is 1. The molecule has 352 valence electrons. The van der Waals surface area contributed by atoms with Gasteiger partial charge in [-0.1, -0.05) is 37.3 Å². The molecule has 2 aromatic rings. The van der Waals surface area contributed by atoms with Crippen molar-refractivity contribution in [3.05, 3.63) is 12.4 Å². The second-order valence-corrected chi connectivity index (χ2v) is 19.0. The number of rotatable bonds is 11. The van der Waals surface area contributed by atoms with Gasteiger partial charge in [0.25, 0.3) is 5.67 Å². The third kappa shape index (κ3) is 11.6. The number of anilines is 1. The van der Waals surface area contributed by atoms with Crippen LogP contribution < -0.4 is 11.1 Å². The van der Waals surface area contributed by atoms with Crippen molar-refractivity contribution in [2.45, 2.75) is 160 Å². The van der Waals surface area contributed by atoms with Crippen LogP contribution in [0.2, 0.25) is 0 Å². The van der Waals surface area contributed by atoms with E-state index in [9.17, 15) is 23.4 Å². The van der Waals surface area contributed by atoms with E-state index in [0.717, 1.165) is 11.8 Å². The average Bonchev–Trinajstić information content (AvgIpc) is 3.93. The number of unbranched alkanes of at least 4 members (excludes halogenated alkanes) is 1. The molecule has 0 spiro atoms. The first-order chi connectivity index (χ1) is 29.1. The Labute approximate surface area is 372 Å². The largest absolute Gasteiger partial charge is 0.455 e. The van der Waals surface area contributed by atoms with Crippen LogP contribution in [0, 0.1) is 11.8 Å². The molecular formula is C41H68F2N8O9S2. The SMILES string of the molecule is CC[C@H]1OC(=O)[C@@](C)(F)C(=O)[C@H](C)[C@@H](O[C@@H]2OC(C)CC(N(C)C)C2O)[C@](C)(OC)C[C@@H](C)CN[C@H](C)[C@H]2N(CCCCn3cc(-c4cnc(N)s4)nn3)C(=O)O[C@]12C.CSF. The van der Waals surface area contributed by atoms with Gasteiger partial charge < -0.3 is 44.7 Å². The number of hydrogen-bond acceptors (Lipinski definition) is 17. The summed E-state index contributed by atoms with van der Waals surface area (Å²) in [7, 11) is 5.20. The molecule has 0 radical (unpaired) electrons.